The molecule has 0 bridgehead atoms. The summed E-state index contributed by atoms with van der Waals surface area (Å²) in [5, 5.41) is 2.40. The molecule has 1 aromatic heterocycles. The van der Waals surface area contributed by atoms with Crippen molar-refractivity contribution in [2.75, 3.05) is 5.88 Å². The molecule has 0 fully saturated rings. The van der Waals surface area contributed by atoms with Crippen LogP contribution >= 0.6 is 0 Å². The van der Waals surface area contributed by atoms with Crippen LogP contribution in [-0.4, -0.2) is 25.2 Å². The topological polar surface area (TPSA) is 76.1 Å². The predicted molar refractivity (Wildman–Crippen MR) is 74.9 cm³/mol. The molecular formula is C14H14N2O3S. The lowest BCUT2D eigenvalue weighted by atomic mass is 10.2. The molecule has 0 aliphatic rings. The molecule has 0 saturated carbocycles. The average molecular weight is 290 g/mol. The van der Waals surface area contributed by atoms with Crippen molar-refractivity contribution < 1.29 is 13.2 Å². The molecule has 5 nitrogen and oxygen atoms in total. The molecular weight excluding hydrogens is 276 g/mol. The van der Waals surface area contributed by atoms with Crippen molar-refractivity contribution in [3.05, 3.63) is 59.9 Å². The molecule has 20 heavy (non-hydrogen) atoms. The first-order valence-electron chi connectivity index (χ1n) is 5.97. The third-order valence-electron chi connectivity index (χ3n) is 2.75. The van der Waals surface area contributed by atoms with E-state index in [0.717, 1.165) is 5.56 Å². The zero-order chi connectivity index (χ0) is 14.6. The van der Waals surface area contributed by atoms with Gasteiger partial charge in [0.15, 0.2) is 9.84 Å². The number of carbonyl (C=O) groups is 1. The van der Waals surface area contributed by atoms with Crippen LogP contribution in [-0.2, 0) is 9.84 Å². The standard InChI is InChI=1S/C14H14N2O3S/c1-11-2-4-13(5-3-11)20(18,19)10-16-14(17)12-6-8-15-9-7-12/h2-9H,10H2,1H3,(H,16,17). The van der Waals surface area contributed by atoms with E-state index in [0.29, 0.717) is 5.56 Å². The van der Waals surface area contributed by atoms with Crippen LogP contribution in [0.2, 0.25) is 0 Å². The van der Waals surface area contributed by atoms with Crippen LogP contribution in [0.25, 0.3) is 0 Å². The Hall–Kier alpha value is -2.21. The third-order valence-corrected chi connectivity index (χ3v) is 4.26. The van der Waals surface area contributed by atoms with Gasteiger partial charge in [0.2, 0.25) is 0 Å². The maximum atomic E-state index is 12.1. The average Bonchev–Trinajstić information content (AvgIpc) is 2.46. The number of benzene rings is 1. The number of amides is 1. The van der Waals surface area contributed by atoms with Crippen molar-refractivity contribution in [2.24, 2.45) is 0 Å². The minimum absolute atomic E-state index is 0.193. The Labute approximate surface area is 117 Å². The van der Waals surface area contributed by atoms with Gasteiger partial charge < -0.3 is 5.32 Å². The van der Waals surface area contributed by atoms with Crippen LogP contribution in [0.15, 0.2) is 53.7 Å². The molecule has 0 saturated heterocycles. The summed E-state index contributed by atoms with van der Waals surface area (Å²) in [6.07, 6.45) is 2.95. The summed E-state index contributed by atoms with van der Waals surface area (Å²) < 4.78 is 24.1. The van der Waals surface area contributed by atoms with Gasteiger partial charge in [0, 0.05) is 18.0 Å². The highest BCUT2D eigenvalue weighted by atomic mass is 32.2. The van der Waals surface area contributed by atoms with Crippen molar-refractivity contribution in [3.63, 3.8) is 0 Å². The van der Waals surface area contributed by atoms with E-state index in [2.05, 4.69) is 10.3 Å². The van der Waals surface area contributed by atoms with Gasteiger partial charge in [-0.1, -0.05) is 17.7 Å². The number of hydrogen-bond acceptors (Lipinski definition) is 4. The van der Waals surface area contributed by atoms with E-state index in [1.807, 2.05) is 6.92 Å². The van der Waals surface area contributed by atoms with Gasteiger partial charge in [0.1, 0.15) is 5.88 Å². The van der Waals surface area contributed by atoms with Gasteiger partial charge in [-0.15, -0.1) is 0 Å². The Morgan fingerprint density at radius 2 is 1.70 bits per heavy atom. The maximum absolute atomic E-state index is 12.1. The molecule has 0 atom stereocenters. The van der Waals surface area contributed by atoms with Crippen molar-refractivity contribution in [1.82, 2.24) is 10.3 Å². The molecule has 1 aromatic carbocycles. The molecule has 0 aliphatic heterocycles. The number of hydrogen-bond donors (Lipinski definition) is 1. The fraction of sp³-hybridized carbons (Fsp3) is 0.143. The number of pyridine rings is 1. The number of aryl methyl sites for hydroxylation is 1. The van der Waals surface area contributed by atoms with E-state index in [-0.39, 0.29) is 4.90 Å². The maximum Gasteiger partial charge on any atom is 0.252 e. The van der Waals surface area contributed by atoms with Gasteiger partial charge in [-0.05, 0) is 31.2 Å². The summed E-state index contributed by atoms with van der Waals surface area (Å²) in [5.74, 6) is -0.875. The zero-order valence-electron chi connectivity index (χ0n) is 10.9. The van der Waals surface area contributed by atoms with Gasteiger partial charge in [-0.2, -0.15) is 0 Å². The molecule has 0 unspecified atom stereocenters. The van der Waals surface area contributed by atoms with Gasteiger partial charge in [-0.25, -0.2) is 8.42 Å². The summed E-state index contributed by atoms with van der Waals surface area (Å²) in [6, 6.07) is 9.54. The molecule has 0 radical (unpaired) electrons. The lowest BCUT2D eigenvalue weighted by Crippen LogP contribution is -2.29. The summed E-state index contributed by atoms with van der Waals surface area (Å²) >= 11 is 0. The van der Waals surface area contributed by atoms with Gasteiger partial charge in [0.05, 0.1) is 4.90 Å². The molecule has 2 aromatic rings. The fourth-order valence-corrected chi connectivity index (χ4v) is 2.63. The molecule has 1 heterocycles. The van der Waals surface area contributed by atoms with Crippen LogP contribution in [0.4, 0.5) is 0 Å². The fourth-order valence-electron chi connectivity index (χ4n) is 1.59. The summed E-state index contributed by atoms with van der Waals surface area (Å²) in [4.78, 5) is 15.8. The Bertz CT molecular complexity index is 695. The van der Waals surface area contributed by atoms with Crippen molar-refractivity contribution >= 4 is 15.7 Å². The predicted octanol–water partition coefficient (Wildman–Crippen LogP) is 1.55. The second-order valence-corrected chi connectivity index (χ2v) is 6.30. The number of nitrogens with one attached hydrogen (secondary N) is 1. The highest BCUT2D eigenvalue weighted by Gasteiger charge is 2.16. The van der Waals surface area contributed by atoms with Crippen molar-refractivity contribution in [2.45, 2.75) is 11.8 Å². The lowest BCUT2D eigenvalue weighted by Gasteiger charge is -2.07. The Balaban J connectivity index is 2.06. The Kier molecular flexibility index (Phi) is 4.14. The second-order valence-electron chi connectivity index (χ2n) is 4.31. The smallest absolute Gasteiger partial charge is 0.252 e. The number of aromatic nitrogens is 1. The summed E-state index contributed by atoms with van der Waals surface area (Å²) in [5.41, 5.74) is 1.35. The quantitative estimate of drug-likeness (QED) is 0.927. The lowest BCUT2D eigenvalue weighted by molar-refractivity contribution is 0.0959. The first kappa shape index (κ1) is 14.2. The van der Waals surface area contributed by atoms with Gasteiger partial charge in [0.25, 0.3) is 5.91 Å². The second kappa shape index (κ2) is 5.83. The van der Waals surface area contributed by atoms with E-state index in [1.54, 1.807) is 12.1 Å². The van der Waals surface area contributed by atoms with E-state index in [4.69, 9.17) is 0 Å². The first-order valence-corrected chi connectivity index (χ1v) is 7.62. The molecule has 1 amide bonds. The van der Waals surface area contributed by atoms with Crippen LogP contribution in [0.5, 0.6) is 0 Å². The minimum Gasteiger partial charge on any atom is -0.338 e. The molecule has 0 spiro atoms. The van der Waals surface area contributed by atoms with Crippen LogP contribution in [0, 0.1) is 6.92 Å². The van der Waals surface area contributed by atoms with E-state index in [1.165, 1.54) is 36.7 Å². The molecule has 104 valence electrons. The molecule has 2 rings (SSSR count). The number of nitrogens with zero attached hydrogens (tertiary/aromatic N) is 1. The Morgan fingerprint density at radius 3 is 2.30 bits per heavy atom. The van der Waals surface area contributed by atoms with E-state index >= 15 is 0 Å². The van der Waals surface area contributed by atoms with Crippen LogP contribution < -0.4 is 5.32 Å². The first-order chi connectivity index (χ1) is 9.49. The monoisotopic (exact) mass is 290 g/mol. The normalized spacial score (nSPS) is 11.1. The number of carbonyl (C=O) groups excluding carboxylic acids is 1. The highest BCUT2D eigenvalue weighted by molar-refractivity contribution is 7.91. The number of rotatable bonds is 4. The number of sulfone groups is 1. The summed E-state index contributed by atoms with van der Waals surface area (Å²) in [6.45, 7) is 1.88. The third kappa shape index (κ3) is 3.42. The van der Waals surface area contributed by atoms with E-state index < -0.39 is 21.6 Å². The van der Waals surface area contributed by atoms with Gasteiger partial charge >= 0.3 is 0 Å². The Morgan fingerprint density at radius 1 is 1.10 bits per heavy atom. The van der Waals surface area contributed by atoms with Crippen molar-refractivity contribution in [1.29, 1.82) is 0 Å². The molecule has 1 N–H and O–H groups in total. The largest absolute Gasteiger partial charge is 0.338 e. The van der Waals surface area contributed by atoms with Crippen LogP contribution in [0.1, 0.15) is 15.9 Å². The SMILES string of the molecule is Cc1ccc(S(=O)(=O)CNC(=O)c2ccncc2)cc1. The van der Waals surface area contributed by atoms with Gasteiger partial charge in [-0.3, -0.25) is 9.78 Å². The molecule has 6 heteroatoms. The van der Waals surface area contributed by atoms with E-state index in [9.17, 15) is 13.2 Å². The highest BCUT2D eigenvalue weighted by Crippen LogP contribution is 2.11. The summed E-state index contributed by atoms with van der Waals surface area (Å²) in [7, 11) is -3.53. The van der Waals surface area contributed by atoms with Crippen LogP contribution in [0.3, 0.4) is 0 Å². The zero-order valence-corrected chi connectivity index (χ0v) is 11.7. The van der Waals surface area contributed by atoms with Crippen molar-refractivity contribution in [3.8, 4) is 0 Å². The molecule has 0 aliphatic carbocycles. The minimum atomic E-state index is -3.53.